The van der Waals surface area contributed by atoms with Gasteiger partial charge < -0.3 is 14.8 Å². The van der Waals surface area contributed by atoms with E-state index in [1.54, 1.807) is 19.1 Å². The number of carbonyl (C=O) groups excluding carboxylic acids is 2. The third kappa shape index (κ3) is 3.01. The van der Waals surface area contributed by atoms with E-state index in [0.717, 1.165) is 23.3 Å². The third-order valence-corrected chi connectivity index (χ3v) is 5.29. The number of hydrogen-bond acceptors (Lipinski definition) is 4. The Morgan fingerprint density at radius 2 is 1.85 bits per heavy atom. The lowest BCUT2D eigenvalue weighted by Gasteiger charge is -2.28. The van der Waals surface area contributed by atoms with Gasteiger partial charge in [-0.25, -0.2) is 4.79 Å². The molecule has 0 aromatic heterocycles. The van der Waals surface area contributed by atoms with Gasteiger partial charge in [-0.2, -0.15) is 0 Å². The van der Waals surface area contributed by atoms with Gasteiger partial charge >= 0.3 is 6.03 Å². The fourth-order valence-electron chi connectivity index (χ4n) is 3.92. The number of hydrogen-bond donors (Lipinski definition) is 1. The highest BCUT2D eigenvalue weighted by Crippen LogP contribution is 2.45. The monoisotopic (exact) mass is 366 g/mol. The molecule has 2 amide bonds. The molecule has 140 valence electrons. The highest BCUT2D eigenvalue weighted by atomic mass is 16.5. The van der Waals surface area contributed by atoms with Crippen LogP contribution in [0.3, 0.4) is 0 Å². The molecule has 6 nitrogen and oxygen atoms in total. The van der Waals surface area contributed by atoms with Gasteiger partial charge in [0.2, 0.25) is 0 Å². The van der Waals surface area contributed by atoms with E-state index in [9.17, 15) is 9.59 Å². The number of carbonyl (C=O) groups is 2. The predicted molar refractivity (Wildman–Crippen MR) is 102 cm³/mol. The smallest absolute Gasteiger partial charge is 0.321 e. The summed E-state index contributed by atoms with van der Waals surface area (Å²) in [7, 11) is 3.23. The third-order valence-electron chi connectivity index (χ3n) is 5.29. The molecule has 1 N–H and O–H groups in total. The Morgan fingerprint density at radius 1 is 1.07 bits per heavy atom. The molecule has 1 unspecified atom stereocenters. The Balaban J connectivity index is 1.77. The van der Waals surface area contributed by atoms with Gasteiger partial charge in [-0.1, -0.05) is 12.1 Å². The number of urea groups is 1. The summed E-state index contributed by atoms with van der Waals surface area (Å²) in [4.78, 5) is 26.6. The topological polar surface area (TPSA) is 67.9 Å². The number of fused-ring (bicyclic) bond motifs is 1. The number of anilines is 1. The number of Topliss-reactive ketones (excluding diaryl/α,β-unsaturated/α-hetero) is 1. The Kier molecular flexibility index (Phi) is 4.48. The van der Waals surface area contributed by atoms with Gasteiger partial charge in [0.25, 0.3) is 0 Å². The molecule has 2 aromatic rings. The molecular formula is C21H22N2O4. The summed E-state index contributed by atoms with van der Waals surface area (Å²) in [6, 6.07) is 11.3. The highest BCUT2D eigenvalue weighted by Gasteiger charge is 2.35. The number of benzene rings is 2. The van der Waals surface area contributed by atoms with Crippen LogP contribution in [0.15, 0.2) is 36.4 Å². The van der Waals surface area contributed by atoms with Crippen LogP contribution in [-0.4, -0.2) is 39.1 Å². The highest BCUT2D eigenvalue weighted by molar-refractivity contribution is 6.05. The van der Waals surface area contributed by atoms with Crippen molar-refractivity contribution in [3.63, 3.8) is 0 Å². The van der Waals surface area contributed by atoms with Crippen LogP contribution in [-0.2, 0) is 0 Å². The van der Waals surface area contributed by atoms with E-state index in [1.807, 2.05) is 36.4 Å². The van der Waals surface area contributed by atoms with Crippen molar-refractivity contribution < 1.29 is 19.1 Å². The van der Waals surface area contributed by atoms with Gasteiger partial charge in [0, 0.05) is 48.3 Å². The zero-order chi connectivity index (χ0) is 19.0. The molecule has 0 saturated carbocycles. The van der Waals surface area contributed by atoms with E-state index in [4.69, 9.17) is 9.47 Å². The standard InChI is InChI=1S/C21H22N2O4/c1-26-15-6-4-13(5-7-15)16-12-18(24)17-10-14(11-19(27-2)20(16)17)23-9-3-8-22-21(23)25/h4-7,10-11,16H,3,8-9,12H2,1-2H3,(H,22,25). The summed E-state index contributed by atoms with van der Waals surface area (Å²) < 4.78 is 10.9. The van der Waals surface area contributed by atoms with Crippen molar-refractivity contribution in [2.24, 2.45) is 0 Å². The van der Waals surface area contributed by atoms with Crippen LogP contribution in [0.4, 0.5) is 10.5 Å². The average molecular weight is 366 g/mol. The number of nitrogens with zero attached hydrogens (tertiary/aromatic N) is 1. The van der Waals surface area contributed by atoms with Crippen LogP contribution >= 0.6 is 0 Å². The van der Waals surface area contributed by atoms with Gasteiger partial charge in [-0.05, 0) is 30.2 Å². The lowest BCUT2D eigenvalue weighted by molar-refractivity contribution is 0.0991. The molecule has 1 heterocycles. The number of nitrogens with one attached hydrogen (secondary N) is 1. The molecule has 27 heavy (non-hydrogen) atoms. The van der Waals surface area contributed by atoms with Crippen molar-refractivity contribution in [2.75, 3.05) is 32.2 Å². The first kappa shape index (κ1) is 17.4. The SMILES string of the molecule is COc1ccc(C2CC(=O)c3cc(N4CCCNC4=O)cc(OC)c32)cc1. The largest absolute Gasteiger partial charge is 0.497 e. The fourth-order valence-corrected chi connectivity index (χ4v) is 3.92. The van der Waals surface area contributed by atoms with Crippen molar-refractivity contribution in [3.05, 3.63) is 53.1 Å². The Labute approximate surface area is 158 Å². The maximum atomic E-state index is 12.8. The second-order valence-electron chi connectivity index (χ2n) is 6.80. The molecule has 2 aromatic carbocycles. The quantitative estimate of drug-likeness (QED) is 0.901. The van der Waals surface area contributed by atoms with Crippen LogP contribution in [0.2, 0.25) is 0 Å². The summed E-state index contributed by atoms with van der Waals surface area (Å²) in [5.41, 5.74) is 3.29. The van der Waals surface area contributed by atoms with E-state index >= 15 is 0 Å². The van der Waals surface area contributed by atoms with E-state index in [2.05, 4.69) is 5.32 Å². The lowest BCUT2D eigenvalue weighted by Crippen LogP contribution is -2.46. The minimum Gasteiger partial charge on any atom is -0.497 e. The molecule has 4 rings (SSSR count). The summed E-state index contributed by atoms with van der Waals surface area (Å²) >= 11 is 0. The minimum absolute atomic E-state index is 0.0578. The summed E-state index contributed by atoms with van der Waals surface area (Å²) in [6.07, 6.45) is 1.27. The number of ketones is 1. The van der Waals surface area contributed by atoms with E-state index in [0.29, 0.717) is 36.5 Å². The van der Waals surface area contributed by atoms with Crippen LogP contribution in [0.25, 0.3) is 0 Å². The van der Waals surface area contributed by atoms with Crippen molar-refractivity contribution in [1.29, 1.82) is 0 Å². The van der Waals surface area contributed by atoms with E-state index in [1.165, 1.54) is 0 Å². The predicted octanol–water partition coefficient (Wildman–Crippen LogP) is 3.34. The molecular weight excluding hydrogens is 344 g/mol. The van der Waals surface area contributed by atoms with Crippen molar-refractivity contribution in [1.82, 2.24) is 5.32 Å². The molecule has 1 atom stereocenters. The number of rotatable bonds is 4. The zero-order valence-corrected chi connectivity index (χ0v) is 15.5. The Hall–Kier alpha value is -3.02. The first-order chi connectivity index (χ1) is 13.1. The number of methoxy groups -OCH3 is 2. The normalized spacial score (nSPS) is 18.9. The summed E-state index contributed by atoms with van der Waals surface area (Å²) in [6.45, 7) is 1.31. The Bertz CT molecular complexity index is 892. The molecule has 1 saturated heterocycles. The Morgan fingerprint density at radius 3 is 2.52 bits per heavy atom. The van der Waals surface area contributed by atoms with Crippen LogP contribution in [0.1, 0.15) is 40.2 Å². The van der Waals surface area contributed by atoms with Crippen LogP contribution in [0, 0.1) is 0 Å². The first-order valence-electron chi connectivity index (χ1n) is 9.07. The van der Waals surface area contributed by atoms with Crippen molar-refractivity contribution >= 4 is 17.5 Å². The number of amides is 2. The van der Waals surface area contributed by atoms with Crippen LogP contribution in [0.5, 0.6) is 11.5 Å². The first-order valence-corrected chi connectivity index (χ1v) is 9.07. The van der Waals surface area contributed by atoms with Crippen molar-refractivity contribution in [3.8, 4) is 11.5 Å². The molecule has 0 bridgehead atoms. The second kappa shape index (κ2) is 6.95. The zero-order valence-electron chi connectivity index (χ0n) is 15.5. The summed E-state index contributed by atoms with van der Waals surface area (Å²) in [5.74, 6) is 1.44. The molecule has 1 aliphatic heterocycles. The van der Waals surface area contributed by atoms with E-state index < -0.39 is 0 Å². The molecule has 0 radical (unpaired) electrons. The molecule has 1 aliphatic carbocycles. The number of ether oxygens (including phenoxy) is 2. The summed E-state index contributed by atoms with van der Waals surface area (Å²) in [5, 5.41) is 2.84. The minimum atomic E-state index is -0.139. The van der Waals surface area contributed by atoms with Gasteiger partial charge in [-0.15, -0.1) is 0 Å². The molecule has 2 aliphatic rings. The van der Waals surface area contributed by atoms with Gasteiger partial charge in [0.1, 0.15) is 11.5 Å². The molecule has 0 spiro atoms. The second-order valence-corrected chi connectivity index (χ2v) is 6.80. The van der Waals surface area contributed by atoms with Crippen LogP contribution < -0.4 is 19.7 Å². The average Bonchev–Trinajstić information content (AvgIpc) is 3.04. The van der Waals surface area contributed by atoms with E-state index in [-0.39, 0.29) is 17.7 Å². The maximum Gasteiger partial charge on any atom is 0.321 e. The molecule has 1 fully saturated rings. The van der Waals surface area contributed by atoms with Gasteiger partial charge in [0.05, 0.1) is 14.2 Å². The lowest BCUT2D eigenvalue weighted by atomic mass is 9.92. The molecule has 6 heteroatoms. The van der Waals surface area contributed by atoms with Gasteiger partial charge in [-0.3, -0.25) is 9.69 Å². The van der Waals surface area contributed by atoms with Gasteiger partial charge in [0.15, 0.2) is 5.78 Å². The van der Waals surface area contributed by atoms with Crippen molar-refractivity contribution in [2.45, 2.75) is 18.8 Å². The maximum absolute atomic E-state index is 12.8. The fraction of sp³-hybridized carbons (Fsp3) is 0.333.